The number of hydrogen-bond donors (Lipinski definition) is 0. The Morgan fingerprint density at radius 2 is 1.45 bits per heavy atom. The van der Waals surface area contributed by atoms with Crippen molar-refractivity contribution in [3.05, 3.63) is 84.9 Å². The summed E-state index contributed by atoms with van der Waals surface area (Å²) in [5.41, 5.74) is 5.20. The van der Waals surface area contributed by atoms with Crippen LogP contribution in [-0.2, 0) is 0 Å². The number of para-hydroxylation sites is 3. The molecule has 0 amide bonds. The van der Waals surface area contributed by atoms with Crippen LogP contribution in [-0.4, -0.2) is 9.55 Å². The molecule has 7 aromatic rings. The molecule has 0 aliphatic carbocycles. The van der Waals surface area contributed by atoms with Crippen molar-refractivity contribution in [2.75, 3.05) is 0 Å². The standard InChI is InChI=1S/C25H14N2OS/c1-4-10-18-15(7-1)23-19(27(18)25-26-17-9-3-6-12-22(17)29-25)13-14-21-24(23)16-8-2-5-11-20(16)28-21/h1-14H. The van der Waals surface area contributed by atoms with E-state index in [0.29, 0.717) is 0 Å². The predicted molar refractivity (Wildman–Crippen MR) is 121 cm³/mol. The van der Waals surface area contributed by atoms with Crippen LogP contribution in [0.5, 0.6) is 0 Å². The number of furan rings is 1. The average Bonchev–Trinajstić information content (AvgIpc) is 3.44. The second-order valence-electron chi connectivity index (χ2n) is 7.25. The average molecular weight is 390 g/mol. The lowest BCUT2D eigenvalue weighted by Gasteiger charge is -2.02. The topological polar surface area (TPSA) is 31.0 Å². The summed E-state index contributed by atoms with van der Waals surface area (Å²) >= 11 is 1.72. The van der Waals surface area contributed by atoms with E-state index in [1.165, 1.54) is 26.4 Å². The Labute approximate surface area is 169 Å². The van der Waals surface area contributed by atoms with E-state index in [4.69, 9.17) is 9.40 Å². The fraction of sp³-hybridized carbons (Fsp3) is 0. The minimum Gasteiger partial charge on any atom is -0.456 e. The van der Waals surface area contributed by atoms with Gasteiger partial charge in [-0.05, 0) is 36.4 Å². The van der Waals surface area contributed by atoms with E-state index in [0.717, 1.165) is 32.7 Å². The summed E-state index contributed by atoms with van der Waals surface area (Å²) in [5.74, 6) is 0. The van der Waals surface area contributed by atoms with Gasteiger partial charge in [0.05, 0.1) is 21.3 Å². The lowest BCUT2D eigenvalue weighted by Crippen LogP contribution is -1.92. The highest BCUT2D eigenvalue weighted by atomic mass is 32.1. The van der Waals surface area contributed by atoms with Gasteiger partial charge in [0.15, 0.2) is 5.13 Å². The first-order valence-corrected chi connectivity index (χ1v) is 10.4. The number of rotatable bonds is 1. The molecule has 4 heteroatoms. The summed E-state index contributed by atoms with van der Waals surface area (Å²) in [7, 11) is 0. The zero-order chi connectivity index (χ0) is 18.9. The molecule has 0 bridgehead atoms. The molecule has 0 N–H and O–H groups in total. The van der Waals surface area contributed by atoms with Crippen LogP contribution in [0, 0.1) is 0 Å². The highest BCUT2D eigenvalue weighted by molar-refractivity contribution is 7.20. The van der Waals surface area contributed by atoms with Crippen molar-refractivity contribution in [3.8, 4) is 5.13 Å². The maximum absolute atomic E-state index is 6.15. The number of fused-ring (bicyclic) bond motifs is 8. The van der Waals surface area contributed by atoms with Crippen LogP contribution < -0.4 is 0 Å². The summed E-state index contributed by atoms with van der Waals surface area (Å²) in [6, 6.07) is 29.4. The summed E-state index contributed by atoms with van der Waals surface area (Å²) in [4.78, 5) is 4.94. The maximum Gasteiger partial charge on any atom is 0.195 e. The zero-order valence-electron chi connectivity index (χ0n) is 15.3. The first-order chi connectivity index (χ1) is 14.4. The van der Waals surface area contributed by atoms with Gasteiger partial charge < -0.3 is 4.42 Å². The molecule has 136 valence electrons. The van der Waals surface area contributed by atoms with Crippen molar-refractivity contribution in [2.24, 2.45) is 0 Å². The smallest absolute Gasteiger partial charge is 0.195 e. The molecule has 0 aliphatic heterocycles. The largest absolute Gasteiger partial charge is 0.456 e. The number of thiazole rings is 1. The minimum absolute atomic E-state index is 0.922. The Balaban J connectivity index is 1.72. The SMILES string of the molecule is c1ccc2sc(-n3c4ccccc4c4c5c(ccc43)oc3ccccc35)nc2c1. The first-order valence-electron chi connectivity index (χ1n) is 9.58. The third-order valence-corrected chi connectivity index (χ3v) is 6.67. The summed E-state index contributed by atoms with van der Waals surface area (Å²) in [5, 5.41) is 5.76. The van der Waals surface area contributed by atoms with Crippen molar-refractivity contribution in [1.82, 2.24) is 9.55 Å². The summed E-state index contributed by atoms with van der Waals surface area (Å²) in [6.07, 6.45) is 0. The van der Waals surface area contributed by atoms with Gasteiger partial charge in [0.25, 0.3) is 0 Å². The molecule has 0 saturated carbocycles. The van der Waals surface area contributed by atoms with Crippen molar-refractivity contribution in [3.63, 3.8) is 0 Å². The predicted octanol–water partition coefficient (Wildman–Crippen LogP) is 7.29. The third kappa shape index (κ3) is 1.99. The van der Waals surface area contributed by atoms with Crippen LogP contribution in [0.2, 0.25) is 0 Å². The van der Waals surface area contributed by atoms with Crippen molar-refractivity contribution in [2.45, 2.75) is 0 Å². The molecule has 29 heavy (non-hydrogen) atoms. The van der Waals surface area contributed by atoms with Gasteiger partial charge in [-0.15, -0.1) is 0 Å². The van der Waals surface area contributed by atoms with Gasteiger partial charge in [-0.25, -0.2) is 4.98 Å². The van der Waals surface area contributed by atoms with E-state index in [1.807, 2.05) is 18.2 Å². The Hall–Kier alpha value is -3.63. The van der Waals surface area contributed by atoms with E-state index in [2.05, 4.69) is 71.3 Å². The van der Waals surface area contributed by atoms with Gasteiger partial charge >= 0.3 is 0 Å². The molecule has 0 aliphatic rings. The van der Waals surface area contributed by atoms with Crippen molar-refractivity contribution >= 4 is 65.3 Å². The van der Waals surface area contributed by atoms with E-state index in [9.17, 15) is 0 Å². The van der Waals surface area contributed by atoms with Gasteiger partial charge in [-0.1, -0.05) is 59.9 Å². The fourth-order valence-corrected chi connectivity index (χ4v) is 5.43. The van der Waals surface area contributed by atoms with E-state index in [-0.39, 0.29) is 0 Å². The third-order valence-electron chi connectivity index (χ3n) is 5.65. The molecule has 0 fully saturated rings. The van der Waals surface area contributed by atoms with Crippen molar-refractivity contribution < 1.29 is 4.42 Å². The molecule has 0 atom stereocenters. The first kappa shape index (κ1) is 15.3. The molecule has 4 aromatic carbocycles. The van der Waals surface area contributed by atoms with Gasteiger partial charge in [0.1, 0.15) is 11.2 Å². The Kier molecular flexibility index (Phi) is 2.88. The Bertz CT molecular complexity index is 1680. The molecule has 3 nitrogen and oxygen atoms in total. The quantitative estimate of drug-likeness (QED) is 0.295. The summed E-state index contributed by atoms with van der Waals surface area (Å²) < 4.78 is 9.64. The Morgan fingerprint density at radius 3 is 2.38 bits per heavy atom. The van der Waals surface area contributed by atoms with Gasteiger partial charge in [0.2, 0.25) is 0 Å². The number of nitrogens with zero attached hydrogens (tertiary/aromatic N) is 2. The molecular weight excluding hydrogens is 376 g/mol. The fourth-order valence-electron chi connectivity index (χ4n) is 4.44. The zero-order valence-corrected chi connectivity index (χ0v) is 16.1. The van der Waals surface area contributed by atoms with Crippen molar-refractivity contribution in [1.29, 1.82) is 0 Å². The number of hydrogen-bond acceptors (Lipinski definition) is 3. The van der Waals surface area contributed by atoms with Crippen LogP contribution in [0.15, 0.2) is 89.3 Å². The molecule has 7 rings (SSSR count). The number of aromatic nitrogens is 2. The molecule has 3 heterocycles. The second kappa shape index (κ2) is 5.46. The molecule has 0 spiro atoms. The van der Waals surface area contributed by atoms with Crippen LogP contribution in [0.25, 0.3) is 59.1 Å². The van der Waals surface area contributed by atoms with Gasteiger partial charge in [-0.3, -0.25) is 4.57 Å². The minimum atomic E-state index is 0.922. The highest BCUT2D eigenvalue weighted by Gasteiger charge is 2.19. The van der Waals surface area contributed by atoms with Gasteiger partial charge in [-0.2, -0.15) is 0 Å². The van der Waals surface area contributed by atoms with Crippen LogP contribution in [0.4, 0.5) is 0 Å². The van der Waals surface area contributed by atoms with Crippen LogP contribution in [0.3, 0.4) is 0 Å². The molecule has 3 aromatic heterocycles. The molecule has 0 radical (unpaired) electrons. The lowest BCUT2D eigenvalue weighted by molar-refractivity contribution is 0.669. The lowest BCUT2D eigenvalue weighted by atomic mass is 10.1. The van der Waals surface area contributed by atoms with Gasteiger partial charge in [0, 0.05) is 21.5 Å². The van der Waals surface area contributed by atoms with E-state index in [1.54, 1.807) is 11.3 Å². The summed E-state index contributed by atoms with van der Waals surface area (Å²) in [6.45, 7) is 0. The normalized spacial score (nSPS) is 12.1. The second-order valence-corrected chi connectivity index (χ2v) is 8.26. The monoisotopic (exact) mass is 390 g/mol. The molecule has 0 saturated heterocycles. The Morgan fingerprint density at radius 1 is 0.655 bits per heavy atom. The maximum atomic E-state index is 6.15. The molecule has 0 unspecified atom stereocenters. The van der Waals surface area contributed by atoms with Crippen LogP contribution in [0.1, 0.15) is 0 Å². The van der Waals surface area contributed by atoms with E-state index < -0.39 is 0 Å². The van der Waals surface area contributed by atoms with Crippen LogP contribution >= 0.6 is 11.3 Å². The molecular formula is C25H14N2OS. The number of benzene rings is 4. The van der Waals surface area contributed by atoms with E-state index >= 15 is 0 Å². The highest BCUT2D eigenvalue weighted by Crippen LogP contribution is 2.41.